The van der Waals surface area contributed by atoms with Crippen molar-refractivity contribution in [2.45, 2.75) is 77.7 Å². The van der Waals surface area contributed by atoms with Crippen LogP contribution in [0.1, 0.15) is 72.1 Å². The summed E-state index contributed by atoms with van der Waals surface area (Å²) in [5.41, 5.74) is -1.96. The van der Waals surface area contributed by atoms with Gasteiger partial charge < -0.3 is 24.1 Å². The summed E-state index contributed by atoms with van der Waals surface area (Å²) in [6, 6.07) is 0. The lowest BCUT2D eigenvalue weighted by Crippen LogP contribution is -2.48. The standard InChI is InChI=1S/C20H34O9/c1-4-7-10-26-16(22)13-20(28-12-9-6-3,19(25)27-11-8-5-2)14-17(23)29-18(24)15-21/h21H,4-15H2,1-3H3. The fraction of sp³-hybridized carbons (Fsp3) is 0.800. The predicted octanol–water partition coefficient (Wildman–Crippen LogP) is 2.07. The van der Waals surface area contributed by atoms with Crippen molar-refractivity contribution in [3.05, 3.63) is 0 Å². The van der Waals surface area contributed by atoms with Crippen molar-refractivity contribution in [3.63, 3.8) is 0 Å². The average molecular weight is 418 g/mol. The molecule has 9 heteroatoms. The zero-order valence-electron chi connectivity index (χ0n) is 17.7. The maximum absolute atomic E-state index is 12.8. The number of aliphatic hydroxyl groups excluding tert-OH is 1. The highest BCUT2D eigenvalue weighted by Crippen LogP contribution is 2.26. The van der Waals surface area contributed by atoms with Crippen LogP contribution in [0.3, 0.4) is 0 Å². The topological polar surface area (TPSA) is 125 Å². The molecule has 0 aromatic carbocycles. The van der Waals surface area contributed by atoms with Gasteiger partial charge in [-0.15, -0.1) is 0 Å². The summed E-state index contributed by atoms with van der Waals surface area (Å²) in [5.74, 6) is -3.87. The van der Waals surface area contributed by atoms with Crippen LogP contribution in [-0.2, 0) is 38.1 Å². The summed E-state index contributed by atoms with van der Waals surface area (Å²) >= 11 is 0. The van der Waals surface area contributed by atoms with E-state index in [-0.39, 0.29) is 19.8 Å². The molecule has 0 fully saturated rings. The third kappa shape index (κ3) is 11.6. The van der Waals surface area contributed by atoms with Crippen molar-refractivity contribution in [1.82, 2.24) is 0 Å². The SMILES string of the molecule is CCCCOC(=O)CC(CC(=O)OC(=O)CO)(OCCCC)C(=O)OCCCC. The van der Waals surface area contributed by atoms with Crippen LogP contribution in [-0.4, -0.2) is 61.0 Å². The number of ether oxygens (including phenoxy) is 4. The van der Waals surface area contributed by atoms with Gasteiger partial charge in [-0.2, -0.15) is 0 Å². The molecule has 29 heavy (non-hydrogen) atoms. The minimum absolute atomic E-state index is 0.100. The third-order valence-corrected chi connectivity index (χ3v) is 3.96. The van der Waals surface area contributed by atoms with Crippen molar-refractivity contribution in [1.29, 1.82) is 0 Å². The van der Waals surface area contributed by atoms with Gasteiger partial charge in [-0.3, -0.25) is 9.59 Å². The van der Waals surface area contributed by atoms with E-state index >= 15 is 0 Å². The summed E-state index contributed by atoms with van der Waals surface area (Å²) < 4.78 is 20.5. The van der Waals surface area contributed by atoms with Gasteiger partial charge in [0.15, 0.2) is 5.60 Å². The van der Waals surface area contributed by atoms with Crippen LogP contribution in [0.4, 0.5) is 0 Å². The molecule has 0 amide bonds. The quantitative estimate of drug-likeness (QED) is 0.173. The second-order valence-electron chi connectivity index (χ2n) is 6.62. The smallest absolute Gasteiger partial charge is 0.339 e. The van der Waals surface area contributed by atoms with Crippen LogP contribution in [0.5, 0.6) is 0 Å². The monoisotopic (exact) mass is 418 g/mol. The summed E-state index contributed by atoms with van der Waals surface area (Å²) in [6.07, 6.45) is 2.94. The van der Waals surface area contributed by atoms with Gasteiger partial charge in [0.1, 0.15) is 6.61 Å². The second kappa shape index (κ2) is 15.9. The lowest BCUT2D eigenvalue weighted by molar-refractivity contribution is -0.187. The van der Waals surface area contributed by atoms with E-state index < -0.39 is 48.9 Å². The number of carbonyl (C=O) groups is 4. The van der Waals surface area contributed by atoms with Crippen molar-refractivity contribution >= 4 is 23.9 Å². The van der Waals surface area contributed by atoms with Gasteiger partial charge in [0, 0.05) is 6.61 Å². The zero-order valence-corrected chi connectivity index (χ0v) is 17.7. The molecule has 0 rings (SSSR count). The number of hydrogen-bond acceptors (Lipinski definition) is 9. The first-order valence-electron chi connectivity index (χ1n) is 10.2. The minimum Gasteiger partial charge on any atom is -0.466 e. The molecule has 0 aromatic heterocycles. The van der Waals surface area contributed by atoms with Crippen molar-refractivity contribution in [2.75, 3.05) is 26.4 Å². The second-order valence-corrected chi connectivity index (χ2v) is 6.62. The van der Waals surface area contributed by atoms with Crippen LogP contribution in [0.2, 0.25) is 0 Å². The van der Waals surface area contributed by atoms with E-state index in [1.54, 1.807) is 0 Å². The average Bonchev–Trinajstić information content (AvgIpc) is 2.68. The van der Waals surface area contributed by atoms with Gasteiger partial charge in [-0.1, -0.05) is 40.0 Å². The normalized spacial score (nSPS) is 12.7. The van der Waals surface area contributed by atoms with E-state index in [4.69, 9.17) is 19.3 Å². The maximum Gasteiger partial charge on any atom is 0.339 e. The highest BCUT2D eigenvalue weighted by atomic mass is 16.6. The molecule has 0 radical (unpaired) electrons. The molecular weight excluding hydrogens is 384 g/mol. The number of carbonyl (C=O) groups excluding carboxylic acids is 4. The first-order chi connectivity index (χ1) is 13.8. The Morgan fingerprint density at radius 2 is 1.24 bits per heavy atom. The van der Waals surface area contributed by atoms with Gasteiger partial charge in [-0.25, -0.2) is 9.59 Å². The zero-order chi connectivity index (χ0) is 22.1. The number of hydrogen-bond donors (Lipinski definition) is 1. The van der Waals surface area contributed by atoms with Gasteiger partial charge in [-0.05, 0) is 19.3 Å². The molecule has 0 aromatic rings. The van der Waals surface area contributed by atoms with E-state index in [9.17, 15) is 19.2 Å². The molecule has 0 saturated carbocycles. The Kier molecular flexibility index (Phi) is 14.8. The molecule has 0 spiro atoms. The summed E-state index contributed by atoms with van der Waals surface area (Å²) in [4.78, 5) is 48.4. The Balaban J connectivity index is 5.52. The Morgan fingerprint density at radius 3 is 1.79 bits per heavy atom. The highest BCUT2D eigenvalue weighted by molar-refractivity contribution is 5.93. The van der Waals surface area contributed by atoms with E-state index in [0.717, 1.165) is 19.3 Å². The molecule has 1 N–H and O–H groups in total. The molecule has 0 saturated heterocycles. The Hall–Kier alpha value is -2.00. The highest BCUT2D eigenvalue weighted by Gasteiger charge is 2.46. The Labute approximate surface area is 172 Å². The van der Waals surface area contributed by atoms with Crippen LogP contribution in [0.25, 0.3) is 0 Å². The van der Waals surface area contributed by atoms with Crippen molar-refractivity contribution in [2.24, 2.45) is 0 Å². The molecule has 0 bridgehead atoms. The Morgan fingerprint density at radius 1 is 0.724 bits per heavy atom. The summed E-state index contributed by atoms with van der Waals surface area (Å²) in [6.45, 7) is 5.16. The predicted molar refractivity (Wildman–Crippen MR) is 103 cm³/mol. The fourth-order valence-electron chi connectivity index (χ4n) is 2.26. The first kappa shape index (κ1) is 27.0. The largest absolute Gasteiger partial charge is 0.466 e. The maximum atomic E-state index is 12.8. The lowest BCUT2D eigenvalue weighted by atomic mass is 9.94. The number of unbranched alkanes of at least 4 members (excludes halogenated alkanes) is 3. The lowest BCUT2D eigenvalue weighted by Gasteiger charge is -2.30. The molecule has 0 heterocycles. The molecule has 1 unspecified atom stereocenters. The number of aliphatic hydroxyl groups is 1. The van der Waals surface area contributed by atoms with Gasteiger partial charge in [0.25, 0.3) is 0 Å². The molecular formula is C20H34O9. The van der Waals surface area contributed by atoms with Crippen molar-refractivity contribution < 1.29 is 43.2 Å². The van der Waals surface area contributed by atoms with Gasteiger partial charge in [0.2, 0.25) is 0 Å². The van der Waals surface area contributed by atoms with E-state index in [1.165, 1.54) is 0 Å². The van der Waals surface area contributed by atoms with Gasteiger partial charge in [0.05, 0.1) is 26.1 Å². The van der Waals surface area contributed by atoms with E-state index in [1.807, 2.05) is 20.8 Å². The van der Waals surface area contributed by atoms with Crippen LogP contribution in [0.15, 0.2) is 0 Å². The molecule has 0 aliphatic heterocycles. The number of rotatable bonds is 16. The molecule has 0 aliphatic carbocycles. The molecule has 1 atom stereocenters. The molecule has 0 aliphatic rings. The van der Waals surface area contributed by atoms with Crippen LogP contribution in [0, 0.1) is 0 Å². The fourth-order valence-corrected chi connectivity index (χ4v) is 2.26. The third-order valence-electron chi connectivity index (χ3n) is 3.96. The van der Waals surface area contributed by atoms with E-state index in [2.05, 4.69) is 4.74 Å². The molecule has 9 nitrogen and oxygen atoms in total. The minimum atomic E-state index is -1.96. The molecule has 168 valence electrons. The van der Waals surface area contributed by atoms with Crippen LogP contribution >= 0.6 is 0 Å². The van der Waals surface area contributed by atoms with Crippen LogP contribution < -0.4 is 0 Å². The first-order valence-corrected chi connectivity index (χ1v) is 10.2. The Bertz CT molecular complexity index is 518. The van der Waals surface area contributed by atoms with E-state index in [0.29, 0.717) is 19.3 Å². The summed E-state index contributed by atoms with van der Waals surface area (Å²) in [5, 5.41) is 8.75. The van der Waals surface area contributed by atoms with Gasteiger partial charge >= 0.3 is 23.9 Å². The summed E-state index contributed by atoms with van der Waals surface area (Å²) in [7, 11) is 0. The van der Waals surface area contributed by atoms with Crippen molar-refractivity contribution in [3.8, 4) is 0 Å². The number of esters is 4.